The first-order chi connectivity index (χ1) is 2.00. The molecule has 0 saturated heterocycles. The molecule has 7 heteroatoms. The van der Waals surface area contributed by atoms with Crippen LogP contribution in [0.1, 0.15) is 0 Å². The molecule has 0 aliphatic rings. The van der Waals surface area contributed by atoms with Gasteiger partial charge in [0.2, 0.25) is 0 Å². The third-order valence-electron chi connectivity index (χ3n) is 0. The minimum absolute atomic E-state index is 0. The van der Waals surface area contributed by atoms with Crippen LogP contribution in [0, 0.1) is 0 Å². The van der Waals surface area contributed by atoms with Crippen LogP contribution in [0.4, 0.5) is 0 Å². The molecule has 7 heavy (non-hydrogen) atoms. The number of rotatable bonds is 0. The fourth-order valence-corrected chi connectivity index (χ4v) is 0. The molecule has 0 aromatic heterocycles. The molecule has 0 heterocycles. The molecule has 0 fully saturated rings. The Balaban J connectivity index is -0.0000000800. The molecule has 0 unspecified atom stereocenters. The molecule has 0 aromatic carbocycles. The number of hydrogen-bond acceptors (Lipinski definition) is 4. The molecule has 0 spiro atoms. The van der Waals surface area contributed by atoms with E-state index in [-0.39, 0.29) is 38.2 Å². The second kappa shape index (κ2) is 5.26. The molecule has 0 bridgehead atoms. The van der Waals surface area contributed by atoms with E-state index in [1.807, 2.05) is 0 Å². The Morgan fingerprint density at radius 3 is 1.14 bits per heavy atom. The van der Waals surface area contributed by atoms with Gasteiger partial charge in [0.1, 0.15) is 0 Å². The summed E-state index contributed by atoms with van der Waals surface area (Å²) >= 11 is 0. The Morgan fingerprint density at radius 2 is 1.14 bits per heavy atom. The molecule has 5 nitrogen and oxygen atoms in total. The molecular formula is H3O5SiY. The predicted octanol–water partition coefficient (Wildman–Crippen LogP) is -5.33. The van der Waals surface area contributed by atoms with Crippen molar-refractivity contribution in [3.8, 4) is 0 Å². The van der Waals surface area contributed by atoms with Gasteiger partial charge in [0.05, 0.1) is 0 Å². The van der Waals surface area contributed by atoms with Crippen molar-refractivity contribution in [2.24, 2.45) is 0 Å². The summed E-state index contributed by atoms with van der Waals surface area (Å²) in [4.78, 5) is 33.1. The molecule has 3 N–H and O–H groups in total. The average molecular weight is 200 g/mol. The predicted molar refractivity (Wildman–Crippen MR) is 11.6 cm³/mol. The Morgan fingerprint density at radius 1 is 1.14 bits per heavy atom. The van der Waals surface area contributed by atoms with Crippen LogP contribution in [0.2, 0.25) is 0 Å². The van der Waals surface area contributed by atoms with E-state index in [4.69, 9.17) is 19.2 Å². The summed E-state index contributed by atoms with van der Waals surface area (Å²) in [5.74, 6) is 0. The van der Waals surface area contributed by atoms with Gasteiger partial charge in [-0.05, 0) is 0 Å². The van der Waals surface area contributed by atoms with E-state index < -0.39 is 9.05 Å². The van der Waals surface area contributed by atoms with E-state index in [2.05, 4.69) is 0 Å². The Kier molecular flexibility index (Phi) is 11.8. The summed E-state index contributed by atoms with van der Waals surface area (Å²) in [6.07, 6.45) is 0. The van der Waals surface area contributed by atoms with Crippen LogP contribution in [0.15, 0.2) is 0 Å². The molecule has 40 valence electrons. The fraction of sp³-hybridized carbons (Fsp3) is 0. The first-order valence-corrected chi connectivity index (χ1v) is 2.51. The minimum atomic E-state index is -5.36. The van der Waals surface area contributed by atoms with Gasteiger partial charge < -0.3 is 24.7 Å². The zero-order valence-corrected chi connectivity index (χ0v) is 7.09. The van der Waals surface area contributed by atoms with Gasteiger partial charge in [-0.15, -0.1) is 9.05 Å². The van der Waals surface area contributed by atoms with Gasteiger partial charge in [-0.1, -0.05) is 0 Å². The third kappa shape index (κ3) is 149. The van der Waals surface area contributed by atoms with Gasteiger partial charge in [0.25, 0.3) is 0 Å². The molecule has 0 rings (SSSR count). The first-order valence-electron chi connectivity index (χ1n) is 0.836. The minimum Gasteiger partial charge on any atom is -0.861 e. The topological polar surface area (TPSA) is 121 Å². The van der Waals surface area contributed by atoms with Crippen LogP contribution in [-0.4, -0.2) is 19.3 Å². The maximum atomic E-state index is 8.69. The van der Waals surface area contributed by atoms with Crippen LogP contribution < -0.4 is 14.4 Å². The van der Waals surface area contributed by atoms with Gasteiger partial charge in [0, 0.05) is 0 Å². The van der Waals surface area contributed by atoms with Crippen molar-refractivity contribution in [2.45, 2.75) is 0 Å². The fourth-order valence-electron chi connectivity index (χ4n) is 0. The van der Waals surface area contributed by atoms with Crippen molar-refractivity contribution < 1.29 is 57.4 Å². The van der Waals surface area contributed by atoms with Gasteiger partial charge in [-0.3, -0.25) is 0 Å². The van der Waals surface area contributed by atoms with E-state index in [0.29, 0.717) is 0 Å². The average Bonchev–Trinajstić information content (AvgIpc) is 0.722. The molecule has 0 aliphatic heterocycles. The zero-order chi connectivity index (χ0) is 4.50. The molecule has 0 aliphatic carbocycles. The van der Waals surface area contributed by atoms with E-state index >= 15 is 0 Å². The van der Waals surface area contributed by atoms with Crippen molar-refractivity contribution in [1.82, 2.24) is 0 Å². The maximum absolute atomic E-state index is 8.69. The summed E-state index contributed by atoms with van der Waals surface area (Å²) in [6.45, 7) is 0. The SMILES string of the molecule is O.[O-][Si]([O-])([O-])O.[Y+3]. The van der Waals surface area contributed by atoms with Crippen molar-refractivity contribution in [3.63, 3.8) is 0 Å². The smallest absolute Gasteiger partial charge is 0.861 e. The Bertz CT molecular complexity index is 23.6. The molecule has 0 saturated carbocycles. The molecular weight excluding hydrogens is 197 g/mol. The molecule has 0 atom stereocenters. The van der Waals surface area contributed by atoms with E-state index in [1.54, 1.807) is 0 Å². The quantitative estimate of drug-likeness (QED) is 0.392. The summed E-state index contributed by atoms with van der Waals surface area (Å²) in [6, 6.07) is 0. The normalized spacial score (nSPS) is 8.57. The van der Waals surface area contributed by atoms with Crippen LogP contribution in [0.3, 0.4) is 0 Å². The van der Waals surface area contributed by atoms with E-state index in [0.717, 1.165) is 0 Å². The summed E-state index contributed by atoms with van der Waals surface area (Å²) in [5, 5.41) is 0. The van der Waals surface area contributed by atoms with E-state index in [1.165, 1.54) is 0 Å². The largest absolute Gasteiger partial charge is 3.00 e. The third-order valence-corrected chi connectivity index (χ3v) is 0. The number of hydrogen-bond donors (Lipinski definition) is 1. The van der Waals surface area contributed by atoms with Gasteiger partial charge >= 0.3 is 32.7 Å². The van der Waals surface area contributed by atoms with Crippen LogP contribution in [-0.2, 0) is 32.7 Å². The van der Waals surface area contributed by atoms with Crippen molar-refractivity contribution >= 4 is 9.05 Å². The van der Waals surface area contributed by atoms with E-state index in [9.17, 15) is 0 Å². The van der Waals surface area contributed by atoms with Crippen LogP contribution >= 0.6 is 0 Å². The Labute approximate surface area is 66.3 Å². The van der Waals surface area contributed by atoms with Crippen molar-refractivity contribution in [1.29, 1.82) is 0 Å². The monoisotopic (exact) mass is 200 g/mol. The summed E-state index contributed by atoms with van der Waals surface area (Å²) in [7, 11) is -5.36. The molecule has 0 aromatic rings. The summed E-state index contributed by atoms with van der Waals surface area (Å²) in [5.41, 5.74) is 0. The Hall–Kier alpha value is 1.12. The van der Waals surface area contributed by atoms with Crippen LogP contribution in [0.5, 0.6) is 0 Å². The standard InChI is InChI=1S/HO4Si.H2O.Y/c1-5(2,3)4;;/h1H;1H2;/q-3;;+3. The van der Waals surface area contributed by atoms with Crippen molar-refractivity contribution in [3.05, 3.63) is 0 Å². The second-order valence-electron chi connectivity index (χ2n) is 0.524. The first kappa shape index (κ1) is 15.7. The second-order valence-corrected chi connectivity index (χ2v) is 1.57. The molecule has 0 radical (unpaired) electrons. The maximum Gasteiger partial charge on any atom is 3.00 e. The van der Waals surface area contributed by atoms with Gasteiger partial charge in [-0.25, -0.2) is 0 Å². The van der Waals surface area contributed by atoms with Gasteiger partial charge in [0.15, 0.2) is 0 Å². The van der Waals surface area contributed by atoms with Gasteiger partial charge in [-0.2, -0.15) is 0 Å². The van der Waals surface area contributed by atoms with Crippen LogP contribution in [0.25, 0.3) is 0 Å². The van der Waals surface area contributed by atoms with Crippen molar-refractivity contribution in [2.75, 3.05) is 0 Å². The zero-order valence-electron chi connectivity index (χ0n) is 3.25. The summed E-state index contributed by atoms with van der Waals surface area (Å²) < 4.78 is 0. The molecule has 0 amide bonds.